The molecule has 0 aromatic heterocycles. The number of rotatable bonds is 10. The summed E-state index contributed by atoms with van der Waals surface area (Å²) in [5.74, 6) is -9.03. The van der Waals surface area contributed by atoms with Gasteiger partial charge in [-0.05, 0) is 114 Å². The average Bonchev–Trinajstić information content (AvgIpc) is 3.78. The molecule has 58 heavy (non-hydrogen) atoms. The van der Waals surface area contributed by atoms with Crippen LogP contribution in [-0.2, 0) is 36.5 Å². The van der Waals surface area contributed by atoms with Crippen LogP contribution in [0, 0.1) is 0 Å². The highest BCUT2D eigenvalue weighted by Crippen LogP contribution is 2.44. The molecule has 9 nitrogen and oxygen atoms in total. The number of amides is 1. The average molecular weight is 840 g/mol. The number of alkyl halides is 8. The number of benzene rings is 4. The second-order valence-electron chi connectivity index (χ2n) is 14.9. The van der Waals surface area contributed by atoms with E-state index in [0.717, 1.165) is 91.2 Å². The highest BCUT2D eigenvalue weighted by atomic mass is 32.2. The third kappa shape index (κ3) is 8.23. The molecule has 3 aliphatic rings. The van der Waals surface area contributed by atoms with E-state index in [0.29, 0.717) is 11.1 Å². The summed E-state index contributed by atoms with van der Waals surface area (Å²) in [7, 11) is -5.73. The highest BCUT2D eigenvalue weighted by Gasteiger charge is 2.60. The predicted octanol–water partition coefficient (Wildman–Crippen LogP) is 8.50. The Morgan fingerprint density at radius 1 is 0.724 bits per heavy atom. The van der Waals surface area contributed by atoms with Gasteiger partial charge in [-0.25, -0.2) is 13.2 Å². The van der Waals surface area contributed by atoms with Crippen LogP contribution in [0.3, 0.4) is 0 Å². The number of hydroxylamine groups is 1. The predicted molar refractivity (Wildman–Crippen MR) is 193 cm³/mol. The van der Waals surface area contributed by atoms with Crippen molar-refractivity contribution in [2.24, 2.45) is 5.73 Å². The zero-order valence-corrected chi connectivity index (χ0v) is 31.3. The van der Waals surface area contributed by atoms with Crippen molar-refractivity contribution in [3.8, 4) is 16.9 Å². The van der Waals surface area contributed by atoms with Gasteiger partial charge in [0.2, 0.25) is 6.04 Å². The molecule has 2 saturated heterocycles. The van der Waals surface area contributed by atoms with Crippen LogP contribution < -0.4 is 10.5 Å². The molecule has 7 rings (SSSR count). The van der Waals surface area contributed by atoms with Gasteiger partial charge in [0.1, 0.15) is 5.75 Å². The van der Waals surface area contributed by atoms with Gasteiger partial charge in [-0.15, -0.1) is 0 Å². The Balaban J connectivity index is 1.31. The van der Waals surface area contributed by atoms with Crippen LogP contribution in [-0.4, -0.2) is 66.1 Å². The number of halogens is 8. The smallest absolute Gasteiger partial charge is 0.490 e. The molecule has 1 saturated carbocycles. The molecule has 1 aliphatic carbocycles. The molecular weight excluding hydrogens is 803 g/mol. The van der Waals surface area contributed by atoms with E-state index in [1.807, 2.05) is 0 Å². The first-order chi connectivity index (χ1) is 27.2. The van der Waals surface area contributed by atoms with Crippen molar-refractivity contribution in [2.75, 3.05) is 0 Å². The fourth-order valence-electron chi connectivity index (χ4n) is 8.10. The molecule has 3 atom stereocenters. The van der Waals surface area contributed by atoms with Crippen molar-refractivity contribution in [3.05, 3.63) is 96.1 Å². The summed E-state index contributed by atoms with van der Waals surface area (Å²) in [5, 5.41) is 0.638. The van der Waals surface area contributed by atoms with Crippen molar-refractivity contribution in [3.63, 3.8) is 0 Å². The maximum atomic E-state index is 17.2. The van der Waals surface area contributed by atoms with Crippen molar-refractivity contribution in [1.29, 1.82) is 0 Å². The van der Waals surface area contributed by atoms with Crippen LogP contribution >= 0.6 is 0 Å². The van der Waals surface area contributed by atoms with Gasteiger partial charge in [0.15, 0.2) is 0 Å². The zero-order chi connectivity index (χ0) is 41.8. The van der Waals surface area contributed by atoms with Gasteiger partial charge >= 0.3 is 24.2 Å². The molecule has 2 N–H and O–H groups in total. The molecule has 3 fully saturated rings. The largest absolute Gasteiger partial charge is 0.492 e. The minimum Gasteiger partial charge on any atom is -0.490 e. The van der Waals surface area contributed by atoms with Gasteiger partial charge in [-0.2, -0.15) is 35.1 Å². The molecule has 310 valence electrons. The number of carbonyl (C=O) groups is 2. The Bertz CT molecular complexity index is 2270. The van der Waals surface area contributed by atoms with E-state index in [4.69, 9.17) is 10.5 Å². The van der Waals surface area contributed by atoms with E-state index in [1.165, 1.54) is 12.1 Å². The number of ether oxygens (including phenoxy) is 1. The monoisotopic (exact) mass is 839 g/mol. The highest BCUT2D eigenvalue weighted by molar-refractivity contribution is 7.89. The van der Waals surface area contributed by atoms with Gasteiger partial charge in [0.05, 0.1) is 16.6 Å². The van der Waals surface area contributed by atoms with E-state index in [1.54, 1.807) is 12.1 Å². The lowest BCUT2D eigenvalue weighted by molar-refractivity contribution is -0.240. The van der Waals surface area contributed by atoms with Gasteiger partial charge in [-0.3, -0.25) is 4.79 Å². The summed E-state index contributed by atoms with van der Waals surface area (Å²) in [6, 6.07) is 9.79. The molecule has 0 radical (unpaired) electrons. The zero-order valence-electron chi connectivity index (χ0n) is 30.5. The van der Waals surface area contributed by atoms with Gasteiger partial charge in [0, 0.05) is 23.7 Å². The van der Waals surface area contributed by atoms with E-state index in [9.17, 15) is 44.3 Å². The minimum atomic E-state index is -5.89. The van der Waals surface area contributed by atoms with Gasteiger partial charge < -0.3 is 20.2 Å². The van der Waals surface area contributed by atoms with Crippen LogP contribution in [0.5, 0.6) is 5.75 Å². The second-order valence-corrected chi connectivity index (χ2v) is 16.7. The fraction of sp³-hybridized carbons (Fsp3) is 0.400. The normalized spacial score (nSPS) is 21.1. The Morgan fingerprint density at radius 2 is 1.26 bits per heavy atom. The summed E-state index contributed by atoms with van der Waals surface area (Å²) < 4.78 is 149. The Hall–Kier alpha value is -4.81. The molecule has 2 heterocycles. The molecule has 0 spiro atoms. The first kappa shape index (κ1) is 41.4. The summed E-state index contributed by atoms with van der Waals surface area (Å²) in [6.07, 6.45) is -6.02. The molecule has 2 unspecified atom stereocenters. The molecule has 1 amide bonds. The van der Waals surface area contributed by atoms with E-state index >= 15 is 8.78 Å². The molecule has 4 aromatic rings. The third-order valence-electron chi connectivity index (χ3n) is 11.0. The van der Waals surface area contributed by atoms with Gasteiger partial charge in [-0.1, -0.05) is 48.5 Å². The van der Waals surface area contributed by atoms with Crippen molar-refractivity contribution >= 4 is 32.7 Å². The Morgan fingerprint density at radius 3 is 1.81 bits per heavy atom. The second kappa shape index (κ2) is 15.4. The van der Waals surface area contributed by atoms with Crippen molar-refractivity contribution in [1.82, 2.24) is 9.37 Å². The Kier molecular flexibility index (Phi) is 11.0. The topological polar surface area (TPSA) is 119 Å². The van der Waals surface area contributed by atoms with Crippen molar-refractivity contribution in [2.45, 2.75) is 105 Å². The summed E-state index contributed by atoms with van der Waals surface area (Å²) in [5.41, 5.74) is 4.40. The minimum absolute atomic E-state index is 0.0167. The number of carbonyl (C=O) groups excluding carboxylic acids is 2. The number of hydrogen-bond donors (Lipinski definition) is 1. The number of piperidine rings is 1. The lowest BCUT2D eigenvalue weighted by Crippen LogP contribution is -2.62. The van der Waals surface area contributed by atoms with Crippen molar-refractivity contribution < 1.29 is 62.7 Å². The van der Waals surface area contributed by atoms with E-state index in [2.05, 4.69) is 4.84 Å². The van der Waals surface area contributed by atoms with E-state index < -0.39 is 84.8 Å². The van der Waals surface area contributed by atoms with Crippen LogP contribution in [0.1, 0.15) is 62.5 Å². The van der Waals surface area contributed by atoms with Gasteiger partial charge in [0.25, 0.3) is 15.9 Å². The SMILES string of the molecule is NC1CC2CCC(C1)N2C(=O)[C@H](N(OC(=O)C(F)(F)F)S(=O)(=O)c1ccc2cc(OC3CCCC3)ccc2c1)C(F)(F)c1ccc(-c2ccc(C(F)(F)F)cc2)cc1. The molecule has 2 aliphatic heterocycles. The van der Waals surface area contributed by atoms with Crippen LogP contribution in [0.4, 0.5) is 35.1 Å². The summed E-state index contributed by atoms with van der Waals surface area (Å²) in [4.78, 5) is 31.5. The van der Waals surface area contributed by atoms with Crippen LogP contribution in [0.25, 0.3) is 21.9 Å². The molecule has 2 bridgehead atoms. The standard InChI is InChI=1S/C40H37F8N3O6S/c41-38(42,27-11-5-23(6-12-27)24-7-13-28(14-8-24)39(43,44)45)35(36(52)50-30-15-16-31(50)22-29(49)21-30)51(57-37(53)40(46,47)48)58(54,55)34-18-10-25-19-33(17-9-26(25)20-34)56-32-3-1-2-4-32/h5-14,17-20,29-32,35H,1-4,15-16,21-22,49H2/t29?,30?,31?,35-/m0/s1. The number of nitrogens with two attached hydrogens (primary N) is 1. The lowest BCUT2D eigenvalue weighted by atomic mass is 9.93. The third-order valence-corrected chi connectivity index (χ3v) is 12.6. The number of nitrogens with zero attached hydrogens (tertiary/aromatic N) is 2. The molecule has 18 heteroatoms. The maximum Gasteiger partial charge on any atom is 0.492 e. The maximum absolute atomic E-state index is 17.2. The summed E-state index contributed by atoms with van der Waals surface area (Å²) in [6.45, 7) is 0. The molecule has 4 aromatic carbocycles. The first-order valence-electron chi connectivity index (χ1n) is 18.5. The lowest BCUT2D eigenvalue weighted by Gasteiger charge is -2.42. The quantitative estimate of drug-likeness (QED) is 0.126. The number of fused-ring (bicyclic) bond motifs is 3. The fourth-order valence-corrected chi connectivity index (χ4v) is 9.49. The van der Waals surface area contributed by atoms with Crippen LogP contribution in [0.15, 0.2) is 89.8 Å². The molecular formula is C40H37F8N3O6S. The number of sulfonamides is 1. The van der Waals surface area contributed by atoms with E-state index in [-0.39, 0.29) is 48.3 Å². The summed E-state index contributed by atoms with van der Waals surface area (Å²) >= 11 is 0. The number of hydrogen-bond acceptors (Lipinski definition) is 7. The first-order valence-corrected chi connectivity index (χ1v) is 20.0. The Labute approximate surface area is 327 Å². The van der Waals surface area contributed by atoms with Crippen LogP contribution in [0.2, 0.25) is 0 Å².